The van der Waals surface area contributed by atoms with Gasteiger partial charge in [0.1, 0.15) is 0 Å². The first kappa shape index (κ1) is 10.0. The largest absolute Gasteiger partial charge is 1.00 e. The van der Waals surface area contributed by atoms with E-state index in [0.29, 0.717) is 0 Å². The molecule has 0 saturated carbocycles. The van der Waals surface area contributed by atoms with Gasteiger partial charge in [-0.25, -0.2) is 0 Å². The summed E-state index contributed by atoms with van der Waals surface area (Å²) in [4.78, 5) is 12.9. The Balaban J connectivity index is 0. The van der Waals surface area contributed by atoms with Crippen molar-refractivity contribution >= 4 is 0 Å². The summed E-state index contributed by atoms with van der Waals surface area (Å²) in [6.07, 6.45) is 0. The molecule has 5 heteroatoms. The third-order valence-electron chi connectivity index (χ3n) is 0.235. The molecule has 0 aliphatic carbocycles. The van der Waals surface area contributed by atoms with Gasteiger partial charge in [0.05, 0.1) is 6.61 Å². The van der Waals surface area contributed by atoms with Crippen molar-refractivity contribution in [2.45, 2.75) is 6.92 Å². The van der Waals surface area contributed by atoms with E-state index in [1.54, 1.807) is 6.92 Å². The molecule has 0 N–H and O–H groups in total. The van der Waals surface area contributed by atoms with Gasteiger partial charge in [-0.2, -0.15) is 0 Å². The van der Waals surface area contributed by atoms with Gasteiger partial charge >= 0.3 is 22.4 Å². The zero-order chi connectivity index (χ0) is 4.99. The summed E-state index contributed by atoms with van der Waals surface area (Å²) in [7, 11) is 0. The number of hydrogen-bond acceptors (Lipinski definition) is 3. The molecule has 0 spiro atoms. The van der Waals surface area contributed by atoms with E-state index in [0.717, 1.165) is 0 Å². The fraction of sp³-hybridized carbons (Fsp3) is 1.00. The van der Waals surface area contributed by atoms with E-state index in [9.17, 15) is 10.1 Å². The van der Waals surface area contributed by atoms with E-state index < -0.39 is 5.09 Å². The van der Waals surface area contributed by atoms with Crippen LogP contribution in [-0.4, -0.2) is 11.7 Å². The summed E-state index contributed by atoms with van der Waals surface area (Å²) in [5.74, 6) is 0. The Bertz CT molecular complexity index is 56.9. The molecular formula is C2H5AgNO3+. The Morgan fingerprint density at radius 3 is 2.29 bits per heavy atom. The summed E-state index contributed by atoms with van der Waals surface area (Å²) < 4.78 is 0. The molecule has 0 aromatic heterocycles. The summed E-state index contributed by atoms with van der Waals surface area (Å²) in [6, 6.07) is 0. The van der Waals surface area contributed by atoms with Crippen molar-refractivity contribution in [1.29, 1.82) is 0 Å². The van der Waals surface area contributed by atoms with Gasteiger partial charge in [0.15, 0.2) is 0 Å². The minimum atomic E-state index is -0.819. The summed E-state index contributed by atoms with van der Waals surface area (Å²) in [5.41, 5.74) is 0. The average Bonchev–Trinajstić information content (AvgIpc) is 1.35. The van der Waals surface area contributed by atoms with E-state index >= 15 is 0 Å². The maximum Gasteiger partial charge on any atom is 1.00 e. The van der Waals surface area contributed by atoms with Crippen LogP contribution in [0.5, 0.6) is 0 Å². The van der Waals surface area contributed by atoms with Gasteiger partial charge in [-0.15, -0.1) is 10.1 Å². The van der Waals surface area contributed by atoms with Gasteiger partial charge in [-0.1, -0.05) is 0 Å². The number of nitrogens with zero attached hydrogens (tertiary/aromatic N) is 1. The molecule has 0 aliphatic rings. The Morgan fingerprint density at radius 1 is 1.86 bits per heavy atom. The molecule has 0 unspecified atom stereocenters. The van der Waals surface area contributed by atoms with Crippen molar-refractivity contribution in [2.75, 3.05) is 6.61 Å². The second-order valence-electron chi connectivity index (χ2n) is 0.641. The molecule has 0 bridgehead atoms. The molecule has 0 radical (unpaired) electrons. The zero-order valence-electron chi connectivity index (χ0n) is 3.68. The van der Waals surface area contributed by atoms with E-state index in [4.69, 9.17) is 0 Å². The van der Waals surface area contributed by atoms with E-state index in [2.05, 4.69) is 4.84 Å². The van der Waals surface area contributed by atoms with Crippen LogP contribution in [0.2, 0.25) is 0 Å². The molecule has 0 aromatic carbocycles. The van der Waals surface area contributed by atoms with Crippen LogP contribution >= 0.6 is 0 Å². The van der Waals surface area contributed by atoms with E-state index in [1.807, 2.05) is 0 Å². The molecule has 0 heterocycles. The molecule has 0 amide bonds. The summed E-state index contributed by atoms with van der Waals surface area (Å²) in [6.45, 7) is 1.69. The molecule has 4 nitrogen and oxygen atoms in total. The smallest absolute Gasteiger partial charge is 0.314 e. The van der Waals surface area contributed by atoms with E-state index in [-0.39, 0.29) is 29.0 Å². The molecule has 7 heavy (non-hydrogen) atoms. The standard InChI is InChI=1S/C2H5NO3.Ag/c1-2-6-3(4)5;/h2H2,1H3;/q;+1. The minimum Gasteiger partial charge on any atom is -0.314 e. The third kappa shape index (κ3) is 10.7. The van der Waals surface area contributed by atoms with Gasteiger partial charge in [0.25, 0.3) is 5.09 Å². The fourth-order valence-corrected chi connectivity index (χ4v) is 0.105. The molecule has 0 aromatic rings. The fourth-order valence-electron chi connectivity index (χ4n) is 0.105. The Morgan fingerprint density at radius 2 is 2.29 bits per heavy atom. The molecule has 0 atom stereocenters. The maximum atomic E-state index is 9.18. The van der Waals surface area contributed by atoms with Crippen LogP contribution in [0, 0.1) is 10.1 Å². The van der Waals surface area contributed by atoms with Crippen molar-refractivity contribution in [3.05, 3.63) is 10.1 Å². The number of hydrogen-bond donors (Lipinski definition) is 0. The maximum absolute atomic E-state index is 9.18. The van der Waals surface area contributed by atoms with Crippen molar-refractivity contribution in [3.63, 3.8) is 0 Å². The van der Waals surface area contributed by atoms with Crippen LogP contribution in [0.3, 0.4) is 0 Å². The van der Waals surface area contributed by atoms with Gasteiger partial charge < -0.3 is 4.84 Å². The average molecular weight is 199 g/mol. The monoisotopic (exact) mass is 198 g/mol. The second kappa shape index (κ2) is 5.94. The van der Waals surface area contributed by atoms with Crippen molar-refractivity contribution in [3.8, 4) is 0 Å². The first-order valence-electron chi connectivity index (χ1n) is 1.54. The first-order chi connectivity index (χ1) is 2.77. The Kier molecular flexibility index (Phi) is 8.52. The number of rotatable bonds is 2. The molecular weight excluding hydrogens is 194 g/mol. The van der Waals surface area contributed by atoms with Gasteiger partial charge in [-0.05, 0) is 6.92 Å². The van der Waals surface area contributed by atoms with Crippen LogP contribution in [0.4, 0.5) is 0 Å². The van der Waals surface area contributed by atoms with Crippen LogP contribution in [-0.2, 0) is 27.2 Å². The van der Waals surface area contributed by atoms with Crippen molar-refractivity contribution in [1.82, 2.24) is 0 Å². The van der Waals surface area contributed by atoms with Crippen LogP contribution in [0.15, 0.2) is 0 Å². The van der Waals surface area contributed by atoms with Crippen LogP contribution in [0.25, 0.3) is 0 Å². The van der Waals surface area contributed by atoms with Gasteiger partial charge in [0, 0.05) is 0 Å². The Hall–Kier alpha value is -0.0597. The van der Waals surface area contributed by atoms with Gasteiger partial charge in [0.2, 0.25) is 0 Å². The quantitative estimate of drug-likeness (QED) is 0.363. The molecule has 0 saturated heterocycles. The first-order valence-corrected chi connectivity index (χ1v) is 1.54. The normalized spacial score (nSPS) is 6.43. The van der Waals surface area contributed by atoms with Crippen LogP contribution < -0.4 is 0 Å². The molecule has 0 fully saturated rings. The predicted octanol–water partition coefficient (Wildman–Crippen LogP) is 0.212. The van der Waals surface area contributed by atoms with Crippen molar-refractivity contribution < 1.29 is 32.3 Å². The molecule has 0 rings (SSSR count). The third-order valence-corrected chi connectivity index (χ3v) is 0.235. The summed E-state index contributed by atoms with van der Waals surface area (Å²) >= 11 is 0. The topological polar surface area (TPSA) is 52.4 Å². The minimum absolute atomic E-state index is 0. The summed E-state index contributed by atoms with van der Waals surface area (Å²) in [5, 5.41) is 8.36. The zero-order valence-corrected chi connectivity index (χ0v) is 5.16. The Labute approximate surface area is 56.5 Å². The van der Waals surface area contributed by atoms with Crippen molar-refractivity contribution in [2.24, 2.45) is 0 Å². The predicted molar refractivity (Wildman–Crippen MR) is 18.6 cm³/mol. The van der Waals surface area contributed by atoms with Crippen LogP contribution in [0.1, 0.15) is 6.92 Å². The SMILES string of the molecule is CCO[N+](=O)[O-].[Ag+]. The second-order valence-corrected chi connectivity index (χ2v) is 0.641. The van der Waals surface area contributed by atoms with Gasteiger partial charge in [-0.3, -0.25) is 0 Å². The molecule has 0 aliphatic heterocycles. The molecule has 46 valence electrons. The van der Waals surface area contributed by atoms with E-state index in [1.165, 1.54) is 0 Å².